The van der Waals surface area contributed by atoms with Gasteiger partial charge < -0.3 is 14.4 Å². The van der Waals surface area contributed by atoms with Gasteiger partial charge in [0.15, 0.2) is 0 Å². The molecule has 28 heavy (non-hydrogen) atoms. The van der Waals surface area contributed by atoms with Crippen LogP contribution in [0.15, 0.2) is 78.0 Å². The second-order valence-corrected chi connectivity index (χ2v) is 6.21. The number of benzene rings is 2. The predicted molar refractivity (Wildman–Crippen MR) is 106 cm³/mol. The van der Waals surface area contributed by atoms with Crippen LogP contribution in [-0.2, 0) is 0 Å². The molecule has 2 aromatic carbocycles. The fraction of sp³-hybridized carbons (Fsp3) is 0.0455. The van der Waals surface area contributed by atoms with Gasteiger partial charge in [0.2, 0.25) is 5.43 Å². The zero-order valence-electron chi connectivity index (χ0n) is 15.0. The van der Waals surface area contributed by atoms with Gasteiger partial charge in [0.05, 0.1) is 12.6 Å². The van der Waals surface area contributed by atoms with E-state index in [1.165, 1.54) is 6.20 Å². The number of fused-ring (bicyclic) bond motifs is 1. The van der Waals surface area contributed by atoms with Crippen molar-refractivity contribution in [1.29, 1.82) is 0 Å². The number of carboxylic acid groups (broad SMARTS) is 1. The molecule has 0 aliphatic carbocycles. The number of carbonyl (C=O) groups is 1. The molecule has 0 saturated heterocycles. The number of hydrogen-bond acceptors (Lipinski definition) is 4. The minimum atomic E-state index is -1.26. The minimum absolute atomic E-state index is 0.278. The number of aromatic nitrogens is 2. The molecular weight excluding hydrogens is 356 g/mol. The van der Waals surface area contributed by atoms with E-state index in [-0.39, 0.29) is 5.56 Å². The van der Waals surface area contributed by atoms with Gasteiger partial charge in [-0.3, -0.25) is 9.78 Å². The molecule has 6 nitrogen and oxygen atoms in total. The molecule has 0 unspecified atom stereocenters. The molecule has 0 aliphatic rings. The molecule has 1 N–H and O–H groups in total. The lowest BCUT2D eigenvalue weighted by Gasteiger charge is -2.14. The van der Waals surface area contributed by atoms with Crippen LogP contribution in [0.5, 0.6) is 5.75 Å². The summed E-state index contributed by atoms with van der Waals surface area (Å²) in [6.07, 6.45) is 4.76. The van der Waals surface area contributed by atoms with Crippen molar-refractivity contribution in [2.75, 3.05) is 7.11 Å². The van der Waals surface area contributed by atoms with Gasteiger partial charge in [-0.1, -0.05) is 6.07 Å². The Kier molecular flexibility index (Phi) is 4.37. The zero-order chi connectivity index (χ0) is 19.7. The summed E-state index contributed by atoms with van der Waals surface area (Å²) in [6.45, 7) is 0. The van der Waals surface area contributed by atoms with E-state index in [0.717, 1.165) is 16.8 Å². The van der Waals surface area contributed by atoms with Gasteiger partial charge in [0.25, 0.3) is 0 Å². The molecule has 6 heteroatoms. The Bertz CT molecular complexity index is 1230. The smallest absolute Gasteiger partial charge is 0.341 e. The Morgan fingerprint density at radius 2 is 1.71 bits per heavy atom. The van der Waals surface area contributed by atoms with Gasteiger partial charge in [0.1, 0.15) is 11.3 Å². The number of carboxylic acids is 1. The van der Waals surface area contributed by atoms with Crippen molar-refractivity contribution < 1.29 is 14.6 Å². The molecule has 0 bridgehead atoms. The molecule has 4 aromatic rings. The summed E-state index contributed by atoms with van der Waals surface area (Å²) in [5, 5.41) is 9.81. The van der Waals surface area contributed by atoms with Gasteiger partial charge in [-0.25, -0.2) is 4.79 Å². The van der Waals surface area contributed by atoms with Crippen molar-refractivity contribution in [2.45, 2.75) is 0 Å². The first kappa shape index (κ1) is 17.5. The van der Waals surface area contributed by atoms with Gasteiger partial charge in [-0.2, -0.15) is 0 Å². The van der Waals surface area contributed by atoms with Gasteiger partial charge >= 0.3 is 5.97 Å². The van der Waals surface area contributed by atoms with E-state index in [2.05, 4.69) is 4.98 Å². The molecule has 0 aliphatic heterocycles. The Morgan fingerprint density at radius 3 is 2.36 bits per heavy atom. The molecule has 4 rings (SSSR count). The largest absolute Gasteiger partial charge is 0.497 e. The highest BCUT2D eigenvalue weighted by Gasteiger charge is 2.16. The average molecular weight is 372 g/mol. The second-order valence-electron chi connectivity index (χ2n) is 6.21. The van der Waals surface area contributed by atoms with Crippen LogP contribution in [0.4, 0.5) is 0 Å². The van der Waals surface area contributed by atoms with Crippen LogP contribution < -0.4 is 10.2 Å². The van der Waals surface area contributed by atoms with Gasteiger partial charge in [-0.15, -0.1) is 0 Å². The van der Waals surface area contributed by atoms with Crippen LogP contribution in [0.2, 0.25) is 0 Å². The van der Waals surface area contributed by atoms with Crippen LogP contribution in [0.25, 0.3) is 27.7 Å². The van der Waals surface area contributed by atoms with Crippen molar-refractivity contribution in [1.82, 2.24) is 9.55 Å². The van der Waals surface area contributed by atoms with Crippen LogP contribution in [-0.4, -0.2) is 27.7 Å². The summed E-state index contributed by atoms with van der Waals surface area (Å²) in [6, 6.07) is 16.3. The third kappa shape index (κ3) is 3.01. The standard InChI is InChI=1S/C22H16N2O4/c1-28-17-5-3-16(4-6-17)24-13-19(22(26)27)21(25)18-7-2-15(12-20(18)24)14-8-10-23-11-9-14/h2-13H,1H3,(H,26,27). The molecule has 2 heterocycles. The number of ether oxygens (including phenoxy) is 1. The summed E-state index contributed by atoms with van der Waals surface area (Å²) in [4.78, 5) is 28.3. The minimum Gasteiger partial charge on any atom is -0.497 e. The van der Waals surface area contributed by atoms with Crippen molar-refractivity contribution in [3.63, 3.8) is 0 Å². The Labute approximate surface area is 160 Å². The van der Waals surface area contributed by atoms with E-state index < -0.39 is 11.4 Å². The third-order valence-corrected chi connectivity index (χ3v) is 4.60. The lowest BCUT2D eigenvalue weighted by molar-refractivity contribution is 0.0695. The SMILES string of the molecule is COc1ccc(-n2cc(C(=O)O)c(=O)c3ccc(-c4ccncc4)cc32)cc1. The molecule has 0 radical (unpaired) electrons. The van der Waals surface area contributed by atoms with E-state index >= 15 is 0 Å². The van der Waals surface area contributed by atoms with E-state index in [9.17, 15) is 14.7 Å². The highest BCUT2D eigenvalue weighted by atomic mass is 16.5. The maximum Gasteiger partial charge on any atom is 0.341 e. The quantitative estimate of drug-likeness (QED) is 0.590. The van der Waals surface area contributed by atoms with Crippen molar-refractivity contribution in [3.8, 4) is 22.6 Å². The summed E-state index contributed by atoms with van der Waals surface area (Å²) in [5.41, 5.74) is 2.41. The summed E-state index contributed by atoms with van der Waals surface area (Å²) >= 11 is 0. The van der Waals surface area contributed by atoms with Crippen LogP contribution in [0.1, 0.15) is 10.4 Å². The van der Waals surface area contributed by atoms with E-state index in [4.69, 9.17) is 4.74 Å². The third-order valence-electron chi connectivity index (χ3n) is 4.60. The van der Waals surface area contributed by atoms with Crippen molar-refractivity contribution in [3.05, 3.63) is 89.0 Å². The lowest BCUT2D eigenvalue weighted by Crippen LogP contribution is -2.18. The maximum atomic E-state index is 12.7. The van der Waals surface area contributed by atoms with Gasteiger partial charge in [-0.05, 0) is 59.7 Å². The summed E-state index contributed by atoms with van der Waals surface area (Å²) in [7, 11) is 1.58. The fourth-order valence-electron chi connectivity index (χ4n) is 3.16. The van der Waals surface area contributed by atoms with E-state index in [1.807, 2.05) is 36.4 Å². The number of aromatic carboxylic acids is 1. The Morgan fingerprint density at radius 1 is 1.00 bits per heavy atom. The molecule has 0 atom stereocenters. The maximum absolute atomic E-state index is 12.7. The van der Waals surface area contributed by atoms with E-state index in [0.29, 0.717) is 16.7 Å². The molecule has 0 amide bonds. The number of rotatable bonds is 4. The first-order valence-corrected chi connectivity index (χ1v) is 8.56. The summed E-state index contributed by atoms with van der Waals surface area (Å²) < 4.78 is 6.90. The first-order valence-electron chi connectivity index (χ1n) is 8.56. The average Bonchev–Trinajstić information content (AvgIpc) is 2.74. The first-order chi connectivity index (χ1) is 13.6. The van der Waals surface area contributed by atoms with Gasteiger partial charge in [0, 0.05) is 29.7 Å². The number of pyridine rings is 2. The Hall–Kier alpha value is -3.93. The molecule has 0 spiro atoms. The monoisotopic (exact) mass is 372 g/mol. The number of nitrogens with zero attached hydrogens (tertiary/aromatic N) is 2. The van der Waals surface area contributed by atoms with Crippen molar-refractivity contribution >= 4 is 16.9 Å². The molecule has 138 valence electrons. The van der Waals surface area contributed by atoms with Crippen molar-refractivity contribution in [2.24, 2.45) is 0 Å². The number of methoxy groups -OCH3 is 1. The highest BCUT2D eigenvalue weighted by Crippen LogP contribution is 2.26. The molecular formula is C22H16N2O4. The second kappa shape index (κ2) is 7.00. The predicted octanol–water partition coefficient (Wildman–Crippen LogP) is 3.76. The highest BCUT2D eigenvalue weighted by molar-refractivity contribution is 5.94. The lowest BCUT2D eigenvalue weighted by atomic mass is 10.0. The van der Waals surface area contributed by atoms with Crippen LogP contribution in [0, 0.1) is 0 Å². The summed E-state index contributed by atoms with van der Waals surface area (Å²) in [5.74, 6) is -0.572. The van der Waals surface area contributed by atoms with E-state index in [1.54, 1.807) is 42.3 Å². The normalized spacial score (nSPS) is 10.8. The van der Waals surface area contributed by atoms with Crippen LogP contribution >= 0.6 is 0 Å². The Balaban J connectivity index is 2.02. The molecule has 0 saturated carbocycles. The number of hydrogen-bond donors (Lipinski definition) is 1. The molecule has 0 fully saturated rings. The van der Waals surface area contributed by atoms with Crippen LogP contribution in [0.3, 0.4) is 0 Å². The molecule has 2 aromatic heterocycles. The topological polar surface area (TPSA) is 81.4 Å². The zero-order valence-corrected chi connectivity index (χ0v) is 15.0. The fourth-order valence-corrected chi connectivity index (χ4v) is 3.16.